The Kier molecular flexibility index (Phi) is 3.01. The lowest BCUT2D eigenvalue weighted by atomic mass is 9.92. The van der Waals surface area contributed by atoms with Gasteiger partial charge in [-0.2, -0.15) is 0 Å². The molecule has 0 saturated carbocycles. The summed E-state index contributed by atoms with van der Waals surface area (Å²) in [6, 6.07) is 8.38. The molecule has 0 spiro atoms. The zero-order valence-electron chi connectivity index (χ0n) is 8.29. The molecule has 1 aliphatic rings. The van der Waals surface area contributed by atoms with Gasteiger partial charge in [0, 0.05) is 12.2 Å². The number of hydrogen-bond acceptors (Lipinski definition) is 3. The minimum Gasteiger partial charge on any atom is -0.324 e. The second-order valence-electron chi connectivity index (χ2n) is 3.81. The molecule has 0 unspecified atom stereocenters. The first-order chi connectivity index (χ1) is 6.90. The number of piperidine rings is 1. The van der Waals surface area contributed by atoms with E-state index in [0.717, 1.165) is 12.2 Å². The second kappa shape index (κ2) is 4.44. The second-order valence-corrected chi connectivity index (χ2v) is 3.81. The van der Waals surface area contributed by atoms with Gasteiger partial charge in [-0.3, -0.25) is 5.84 Å². The van der Waals surface area contributed by atoms with Crippen LogP contribution in [0.1, 0.15) is 24.3 Å². The first kappa shape index (κ1) is 9.49. The lowest BCUT2D eigenvalue weighted by molar-refractivity contribution is 0.461. The van der Waals surface area contributed by atoms with Crippen molar-refractivity contribution in [1.82, 2.24) is 5.32 Å². The monoisotopic (exact) mass is 191 g/mol. The maximum absolute atomic E-state index is 5.32. The predicted molar refractivity (Wildman–Crippen MR) is 59.1 cm³/mol. The van der Waals surface area contributed by atoms with Gasteiger partial charge in [-0.15, -0.1) is 0 Å². The van der Waals surface area contributed by atoms with Crippen LogP contribution in [0.25, 0.3) is 0 Å². The van der Waals surface area contributed by atoms with Crippen molar-refractivity contribution >= 4 is 5.69 Å². The van der Waals surface area contributed by atoms with Gasteiger partial charge in [-0.25, -0.2) is 0 Å². The van der Waals surface area contributed by atoms with Crippen molar-refractivity contribution in [2.75, 3.05) is 18.5 Å². The fourth-order valence-electron chi connectivity index (χ4n) is 1.99. The Labute approximate surface area is 84.7 Å². The van der Waals surface area contributed by atoms with E-state index in [4.69, 9.17) is 5.84 Å². The quantitative estimate of drug-likeness (QED) is 0.490. The Morgan fingerprint density at radius 2 is 2.07 bits per heavy atom. The van der Waals surface area contributed by atoms with Crippen LogP contribution in [0.15, 0.2) is 24.3 Å². The molecule has 1 saturated heterocycles. The number of rotatable bonds is 2. The average molecular weight is 191 g/mol. The number of hydrogen-bond donors (Lipinski definition) is 3. The molecule has 1 aromatic rings. The van der Waals surface area contributed by atoms with E-state index in [1.807, 2.05) is 12.1 Å². The number of nitrogens with one attached hydrogen (secondary N) is 2. The molecule has 2 rings (SSSR count). The summed E-state index contributed by atoms with van der Waals surface area (Å²) in [5.74, 6) is 5.99. The third-order valence-corrected chi connectivity index (χ3v) is 2.85. The Bertz CT molecular complexity index is 275. The molecule has 1 aliphatic heterocycles. The fourth-order valence-corrected chi connectivity index (χ4v) is 1.99. The van der Waals surface area contributed by atoms with Crippen molar-refractivity contribution in [3.63, 3.8) is 0 Å². The first-order valence-electron chi connectivity index (χ1n) is 5.17. The molecule has 0 bridgehead atoms. The minimum atomic E-state index is 0.676. The molecule has 3 nitrogen and oxygen atoms in total. The minimum absolute atomic E-state index is 0.676. The lowest BCUT2D eigenvalue weighted by Gasteiger charge is -2.23. The van der Waals surface area contributed by atoms with Crippen LogP contribution in [-0.4, -0.2) is 13.1 Å². The highest BCUT2D eigenvalue weighted by molar-refractivity contribution is 5.44. The van der Waals surface area contributed by atoms with Crippen molar-refractivity contribution in [2.45, 2.75) is 18.8 Å². The zero-order chi connectivity index (χ0) is 9.80. The van der Waals surface area contributed by atoms with Crippen LogP contribution in [0.5, 0.6) is 0 Å². The average Bonchev–Trinajstić information content (AvgIpc) is 2.30. The summed E-state index contributed by atoms with van der Waals surface area (Å²) < 4.78 is 0. The van der Waals surface area contributed by atoms with Crippen LogP contribution in [0.4, 0.5) is 5.69 Å². The molecule has 3 heteroatoms. The number of nitrogens with two attached hydrogens (primary N) is 1. The van der Waals surface area contributed by atoms with E-state index in [1.54, 1.807) is 0 Å². The van der Waals surface area contributed by atoms with Gasteiger partial charge in [0.05, 0.1) is 0 Å². The third kappa shape index (κ3) is 2.05. The van der Waals surface area contributed by atoms with E-state index in [9.17, 15) is 0 Å². The van der Waals surface area contributed by atoms with E-state index in [-0.39, 0.29) is 0 Å². The SMILES string of the molecule is NNc1ccc([C@@H]2CCCNC2)cc1. The number of benzene rings is 1. The highest BCUT2D eigenvalue weighted by Gasteiger charge is 2.14. The summed E-state index contributed by atoms with van der Waals surface area (Å²) in [5.41, 5.74) is 5.02. The topological polar surface area (TPSA) is 50.1 Å². The Hall–Kier alpha value is -1.06. The van der Waals surface area contributed by atoms with Gasteiger partial charge < -0.3 is 10.7 Å². The molecule has 4 N–H and O–H groups in total. The van der Waals surface area contributed by atoms with Gasteiger partial charge >= 0.3 is 0 Å². The molecular formula is C11H17N3. The van der Waals surface area contributed by atoms with Crippen LogP contribution < -0.4 is 16.6 Å². The molecule has 0 aromatic heterocycles. The fraction of sp³-hybridized carbons (Fsp3) is 0.455. The van der Waals surface area contributed by atoms with Gasteiger partial charge in [-0.1, -0.05) is 12.1 Å². The molecule has 1 heterocycles. The molecule has 1 fully saturated rings. The van der Waals surface area contributed by atoms with Gasteiger partial charge in [0.1, 0.15) is 0 Å². The van der Waals surface area contributed by atoms with Crippen LogP contribution in [0.2, 0.25) is 0 Å². The molecule has 0 radical (unpaired) electrons. The summed E-state index contributed by atoms with van der Waals surface area (Å²) in [7, 11) is 0. The normalized spacial score (nSPS) is 21.9. The molecule has 0 aliphatic carbocycles. The van der Waals surface area contributed by atoms with E-state index in [1.165, 1.54) is 24.9 Å². The first-order valence-corrected chi connectivity index (χ1v) is 5.17. The summed E-state index contributed by atoms with van der Waals surface area (Å²) in [6.45, 7) is 2.27. The molecular weight excluding hydrogens is 174 g/mol. The van der Waals surface area contributed by atoms with Crippen molar-refractivity contribution in [3.8, 4) is 0 Å². The van der Waals surface area contributed by atoms with E-state index in [0.29, 0.717) is 5.92 Å². The Balaban J connectivity index is 2.07. The van der Waals surface area contributed by atoms with Crippen molar-refractivity contribution in [1.29, 1.82) is 0 Å². The van der Waals surface area contributed by atoms with Gasteiger partial charge in [0.15, 0.2) is 0 Å². The third-order valence-electron chi connectivity index (χ3n) is 2.85. The predicted octanol–water partition coefficient (Wildman–Crippen LogP) is 1.44. The smallest absolute Gasteiger partial charge is 0.0485 e. The Morgan fingerprint density at radius 1 is 1.29 bits per heavy atom. The summed E-state index contributed by atoms with van der Waals surface area (Å²) in [4.78, 5) is 0. The largest absolute Gasteiger partial charge is 0.324 e. The zero-order valence-corrected chi connectivity index (χ0v) is 8.29. The number of nitrogen functional groups attached to an aromatic ring is 1. The van der Waals surface area contributed by atoms with Crippen molar-refractivity contribution in [2.24, 2.45) is 5.84 Å². The van der Waals surface area contributed by atoms with Gasteiger partial charge in [0.2, 0.25) is 0 Å². The maximum Gasteiger partial charge on any atom is 0.0485 e. The van der Waals surface area contributed by atoms with E-state index < -0.39 is 0 Å². The van der Waals surface area contributed by atoms with Gasteiger partial charge in [-0.05, 0) is 43.0 Å². The standard InChI is InChI=1S/C11H17N3/c12-14-11-5-3-9(4-6-11)10-2-1-7-13-8-10/h3-6,10,13-14H,1-2,7-8,12H2/t10-/m1/s1. The molecule has 0 amide bonds. The number of anilines is 1. The molecule has 1 atom stereocenters. The molecule has 1 aromatic carbocycles. The lowest BCUT2D eigenvalue weighted by Crippen LogP contribution is -2.28. The van der Waals surface area contributed by atoms with Crippen LogP contribution in [0.3, 0.4) is 0 Å². The molecule has 76 valence electrons. The Morgan fingerprint density at radius 3 is 2.64 bits per heavy atom. The summed E-state index contributed by atoms with van der Waals surface area (Å²) >= 11 is 0. The van der Waals surface area contributed by atoms with Crippen LogP contribution in [0, 0.1) is 0 Å². The maximum atomic E-state index is 5.32. The highest BCUT2D eigenvalue weighted by Crippen LogP contribution is 2.23. The van der Waals surface area contributed by atoms with Crippen LogP contribution >= 0.6 is 0 Å². The summed E-state index contributed by atoms with van der Waals surface area (Å²) in [5, 5.41) is 3.42. The highest BCUT2D eigenvalue weighted by atomic mass is 15.2. The van der Waals surface area contributed by atoms with E-state index >= 15 is 0 Å². The number of hydrazine groups is 1. The van der Waals surface area contributed by atoms with E-state index in [2.05, 4.69) is 22.9 Å². The van der Waals surface area contributed by atoms with Crippen molar-refractivity contribution in [3.05, 3.63) is 29.8 Å². The van der Waals surface area contributed by atoms with Gasteiger partial charge in [0.25, 0.3) is 0 Å². The summed E-state index contributed by atoms with van der Waals surface area (Å²) in [6.07, 6.45) is 2.57. The van der Waals surface area contributed by atoms with Crippen LogP contribution in [-0.2, 0) is 0 Å². The van der Waals surface area contributed by atoms with Crippen molar-refractivity contribution < 1.29 is 0 Å². The molecule has 14 heavy (non-hydrogen) atoms.